The molecule has 0 N–H and O–H groups in total. The fraction of sp³-hybridized carbons (Fsp3) is 0.500. The number of hydrogen-bond acceptors (Lipinski definition) is 3. The minimum absolute atomic E-state index is 0.0976. The van der Waals surface area contributed by atoms with Gasteiger partial charge in [0.25, 0.3) is 5.69 Å². The number of halogens is 2. The molecular weight excluding hydrogens is 277 g/mol. The van der Waals surface area contributed by atoms with Crippen LogP contribution in [0.25, 0.3) is 0 Å². The molecule has 6 heteroatoms. The van der Waals surface area contributed by atoms with E-state index in [-0.39, 0.29) is 21.7 Å². The first-order valence-electron chi connectivity index (χ1n) is 5.63. The summed E-state index contributed by atoms with van der Waals surface area (Å²) in [7, 11) is 0. The standard InChI is InChI=1S/C12H13Cl2NO3/c1-12(14)4-5-18-11(7-12)8-2-3-9(13)10(6-8)15(16)17/h2-3,6,11H,4-5,7H2,1H3. The Labute approximate surface area is 115 Å². The summed E-state index contributed by atoms with van der Waals surface area (Å²) in [6.45, 7) is 2.51. The summed E-state index contributed by atoms with van der Waals surface area (Å²) in [6, 6.07) is 4.74. The number of hydrogen-bond donors (Lipinski definition) is 0. The van der Waals surface area contributed by atoms with E-state index in [1.165, 1.54) is 12.1 Å². The van der Waals surface area contributed by atoms with Gasteiger partial charge in [-0.1, -0.05) is 17.7 Å². The smallest absolute Gasteiger partial charge is 0.288 e. The fourth-order valence-electron chi connectivity index (χ4n) is 2.05. The molecule has 98 valence electrons. The Balaban J connectivity index is 2.28. The van der Waals surface area contributed by atoms with Gasteiger partial charge in [0, 0.05) is 17.5 Å². The monoisotopic (exact) mass is 289 g/mol. The maximum atomic E-state index is 10.8. The van der Waals surface area contributed by atoms with Crippen molar-refractivity contribution >= 4 is 28.9 Å². The normalized spacial score (nSPS) is 28.1. The minimum atomic E-state index is -0.492. The SMILES string of the molecule is CC1(Cl)CCOC(c2ccc(Cl)c([N+](=O)[O-])c2)C1. The van der Waals surface area contributed by atoms with Gasteiger partial charge >= 0.3 is 0 Å². The van der Waals surface area contributed by atoms with Crippen molar-refractivity contribution < 1.29 is 9.66 Å². The summed E-state index contributed by atoms with van der Waals surface area (Å²) in [5, 5.41) is 11.0. The van der Waals surface area contributed by atoms with Crippen molar-refractivity contribution in [2.24, 2.45) is 0 Å². The van der Waals surface area contributed by atoms with Gasteiger partial charge < -0.3 is 4.74 Å². The second-order valence-electron chi connectivity index (χ2n) is 4.69. The Morgan fingerprint density at radius 3 is 2.89 bits per heavy atom. The van der Waals surface area contributed by atoms with E-state index in [1.54, 1.807) is 6.07 Å². The van der Waals surface area contributed by atoms with Crippen LogP contribution < -0.4 is 0 Å². The van der Waals surface area contributed by atoms with Crippen LogP contribution in [0.5, 0.6) is 0 Å². The molecule has 18 heavy (non-hydrogen) atoms. The molecular formula is C12H13Cl2NO3. The van der Waals surface area contributed by atoms with Gasteiger partial charge in [-0.15, -0.1) is 11.6 Å². The second-order valence-corrected chi connectivity index (χ2v) is 6.01. The molecule has 1 aromatic rings. The predicted molar refractivity (Wildman–Crippen MR) is 70.3 cm³/mol. The van der Waals surface area contributed by atoms with E-state index in [2.05, 4.69) is 0 Å². The molecule has 0 bridgehead atoms. The first kappa shape index (κ1) is 13.6. The van der Waals surface area contributed by atoms with Crippen LogP contribution in [0.15, 0.2) is 18.2 Å². The van der Waals surface area contributed by atoms with Crippen LogP contribution in [0.1, 0.15) is 31.4 Å². The van der Waals surface area contributed by atoms with Gasteiger partial charge in [0.15, 0.2) is 0 Å². The van der Waals surface area contributed by atoms with Crippen molar-refractivity contribution in [3.8, 4) is 0 Å². The summed E-state index contributed by atoms with van der Waals surface area (Å²) in [5.41, 5.74) is 0.650. The van der Waals surface area contributed by atoms with Gasteiger partial charge in [-0.05, 0) is 31.4 Å². The van der Waals surface area contributed by atoms with Crippen LogP contribution in [-0.4, -0.2) is 16.4 Å². The first-order valence-corrected chi connectivity index (χ1v) is 6.39. The van der Waals surface area contributed by atoms with Crippen molar-refractivity contribution in [3.63, 3.8) is 0 Å². The molecule has 0 amide bonds. The van der Waals surface area contributed by atoms with Crippen molar-refractivity contribution in [1.82, 2.24) is 0 Å². The zero-order valence-electron chi connectivity index (χ0n) is 9.86. The van der Waals surface area contributed by atoms with Crippen LogP contribution >= 0.6 is 23.2 Å². The number of nitrogens with zero attached hydrogens (tertiary/aromatic N) is 1. The highest BCUT2D eigenvalue weighted by Gasteiger charge is 2.32. The van der Waals surface area contributed by atoms with E-state index in [9.17, 15) is 10.1 Å². The highest BCUT2D eigenvalue weighted by molar-refractivity contribution is 6.32. The van der Waals surface area contributed by atoms with Gasteiger partial charge in [-0.3, -0.25) is 10.1 Å². The number of rotatable bonds is 2. The van der Waals surface area contributed by atoms with Crippen LogP contribution in [0.2, 0.25) is 5.02 Å². The van der Waals surface area contributed by atoms with Crippen LogP contribution in [-0.2, 0) is 4.74 Å². The Kier molecular flexibility index (Phi) is 3.80. The Bertz CT molecular complexity index is 476. The summed E-state index contributed by atoms with van der Waals surface area (Å²) in [4.78, 5) is 10.0. The maximum absolute atomic E-state index is 10.8. The van der Waals surface area contributed by atoms with E-state index >= 15 is 0 Å². The number of nitro benzene ring substituents is 1. The lowest BCUT2D eigenvalue weighted by atomic mass is 9.92. The van der Waals surface area contributed by atoms with Gasteiger partial charge in [0.05, 0.1) is 11.0 Å². The highest BCUT2D eigenvalue weighted by Crippen LogP contribution is 2.39. The number of ether oxygens (including phenoxy) is 1. The average Bonchev–Trinajstić information content (AvgIpc) is 2.27. The predicted octanol–water partition coefficient (Wildman–Crippen LogP) is 4.10. The van der Waals surface area contributed by atoms with E-state index in [0.717, 1.165) is 12.0 Å². The maximum Gasteiger partial charge on any atom is 0.288 e. The lowest BCUT2D eigenvalue weighted by molar-refractivity contribution is -0.384. The number of nitro groups is 1. The van der Waals surface area contributed by atoms with Crippen LogP contribution in [0.4, 0.5) is 5.69 Å². The third-order valence-electron chi connectivity index (χ3n) is 3.09. The minimum Gasteiger partial charge on any atom is -0.373 e. The van der Waals surface area contributed by atoms with Gasteiger partial charge in [-0.25, -0.2) is 0 Å². The molecule has 2 unspecified atom stereocenters. The quantitative estimate of drug-likeness (QED) is 0.468. The average molecular weight is 290 g/mol. The molecule has 0 aromatic heterocycles. The van der Waals surface area contributed by atoms with Crippen molar-refractivity contribution in [3.05, 3.63) is 38.9 Å². The molecule has 1 fully saturated rings. The lowest BCUT2D eigenvalue weighted by Crippen LogP contribution is -2.29. The van der Waals surface area contributed by atoms with Crippen molar-refractivity contribution in [1.29, 1.82) is 0 Å². The van der Waals surface area contributed by atoms with Gasteiger partial charge in [-0.2, -0.15) is 0 Å². The molecule has 1 aliphatic heterocycles. The molecule has 2 rings (SSSR count). The summed E-state index contributed by atoms with van der Waals surface area (Å²) >= 11 is 12.1. The molecule has 1 aliphatic rings. The summed E-state index contributed by atoms with van der Waals surface area (Å²) in [5.74, 6) is 0. The highest BCUT2D eigenvalue weighted by atomic mass is 35.5. The molecule has 0 spiro atoms. The Morgan fingerprint density at radius 2 is 2.28 bits per heavy atom. The number of alkyl halides is 1. The molecule has 0 aliphatic carbocycles. The third kappa shape index (κ3) is 2.94. The van der Waals surface area contributed by atoms with Gasteiger partial charge in [0.1, 0.15) is 5.02 Å². The molecule has 2 atom stereocenters. The fourth-order valence-corrected chi connectivity index (χ4v) is 2.45. The van der Waals surface area contributed by atoms with E-state index in [0.29, 0.717) is 13.0 Å². The lowest BCUT2D eigenvalue weighted by Gasteiger charge is -2.33. The zero-order valence-corrected chi connectivity index (χ0v) is 11.4. The van der Waals surface area contributed by atoms with Crippen LogP contribution in [0.3, 0.4) is 0 Å². The molecule has 1 heterocycles. The molecule has 4 nitrogen and oxygen atoms in total. The summed E-state index contributed by atoms with van der Waals surface area (Å²) in [6.07, 6.45) is 1.20. The number of benzene rings is 1. The molecule has 1 saturated heterocycles. The third-order valence-corrected chi connectivity index (χ3v) is 3.75. The summed E-state index contributed by atoms with van der Waals surface area (Å²) < 4.78 is 5.62. The van der Waals surface area contributed by atoms with E-state index < -0.39 is 4.92 Å². The van der Waals surface area contributed by atoms with Crippen molar-refractivity contribution in [2.45, 2.75) is 30.7 Å². The van der Waals surface area contributed by atoms with Crippen molar-refractivity contribution in [2.75, 3.05) is 6.61 Å². The van der Waals surface area contributed by atoms with Crippen LogP contribution in [0, 0.1) is 10.1 Å². The van der Waals surface area contributed by atoms with E-state index in [1.807, 2.05) is 6.92 Å². The molecule has 0 radical (unpaired) electrons. The molecule has 0 saturated carbocycles. The first-order chi connectivity index (χ1) is 8.39. The van der Waals surface area contributed by atoms with E-state index in [4.69, 9.17) is 27.9 Å². The zero-order chi connectivity index (χ0) is 13.3. The topological polar surface area (TPSA) is 52.4 Å². The Morgan fingerprint density at radius 1 is 1.56 bits per heavy atom. The largest absolute Gasteiger partial charge is 0.373 e. The molecule has 1 aromatic carbocycles. The van der Waals surface area contributed by atoms with Gasteiger partial charge in [0.2, 0.25) is 0 Å². The Hall–Kier alpha value is -0.840. The second kappa shape index (κ2) is 5.03.